The molecule has 2 aromatic heterocycles. The Kier molecular flexibility index (Phi) is 8.39. The molecule has 12 rings (SSSR count). The third-order valence-electron chi connectivity index (χ3n) is 12.2. The van der Waals surface area contributed by atoms with Crippen LogP contribution in [-0.4, -0.2) is 4.57 Å². The average molecular weight is 795 g/mol. The average Bonchev–Trinajstić information content (AvgIpc) is 3.88. The molecule has 0 saturated carbocycles. The number of nitrogens with zero attached hydrogens (tertiary/aromatic N) is 2. The Bertz CT molecular complexity index is 3570. The van der Waals surface area contributed by atoms with E-state index in [0.29, 0.717) is 0 Å². The van der Waals surface area contributed by atoms with E-state index in [2.05, 4.69) is 240 Å². The number of para-hydroxylation sites is 1. The molecule has 0 radical (unpaired) electrons. The first-order valence-corrected chi connectivity index (χ1v) is 21.6. The summed E-state index contributed by atoms with van der Waals surface area (Å²) in [6.45, 7) is 0. The third-order valence-corrected chi connectivity index (χ3v) is 13.4. The second-order valence-electron chi connectivity index (χ2n) is 15.7. The van der Waals surface area contributed by atoms with E-state index in [0.717, 1.165) is 17.1 Å². The van der Waals surface area contributed by atoms with E-state index in [-0.39, 0.29) is 0 Å². The van der Waals surface area contributed by atoms with Gasteiger partial charge in [0.25, 0.3) is 0 Å². The molecular weight excluding hydrogens is 757 g/mol. The zero-order valence-corrected chi connectivity index (χ0v) is 34.1. The van der Waals surface area contributed by atoms with E-state index < -0.39 is 0 Å². The number of rotatable bonds is 7. The van der Waals surface area contributed by atoms with Gasteiger partial charge in [0.15, 0.2) is 0 Å². The fourth-order valence-corrected chi connectivity index (χ4v) is 10.5. The van der Waals surface area contributed by atoms with Crippen LogP contribution in [0.4, 0.5) is 17.1 Å². The first-order chi connectivity index (χ1) is 30.2. The summed E-state index contributed by atoms with van der Waals surface area (Å²) in [5, 5.41) is 7.58. The molecule has 0 spiro atoms. The van der Waals surface area contributed by atoms with Crippen LogP contribution in [0.1, 0.15) is 0 Å². The summed E-state index contributed by atoms with van der Waals surface area (Å²) >= 11 is 1.88. The van der Waals surface area contributed by atoms with Crippen LogP contribution in [0.3, 0.4) is 0 Å². The van der Waals surface area contributed by atoms with Gasteiger partial charge < -0.3 is 9.47 Å². The second kappa shape index (κ2) is 14.5. The van der Waals surface area contributed by atoms with Crippen LogP contribution in [0.25, 0.3) is 91.8 Å². The van der Waals surface area contributed by atoms with Crippen LogP contribution >= 0.6 is 11.3 Å². The second-order valence-corrected chi connectivity index (χ2v) is 16.8. The Labute approximate surface area is 358 Å². The Balaban J connectivity index is 0.935. The number of benzene rings is 10. The van der Waals surface area contributed by atoms with Crippen LogP contribution in [0, 0.1) is 0 Å². The summed E-state index contributed by atoms with van der Waals surface area (Å²) in [7, 11) is 0. The standard InChI is InChI=1S/C58H38N2S/c1-2-13-39(14-3-1)40-31-34-46(35-32-40)59(53-24-11-16-43-15-4-5-19-48(43)53)47-18-10-17-44(37-47)41-27-29-42(30-28-41)45-33-36-50-49-20-6-8-23-54(49)60(56(50)38-45)55-25-12-22-52-51-21-7-9-26-57(51)61-58(52)55/h1-38H. The molecule has 0 amide bonds. The molecule has 0 fully saturated rings. The van der Waals surface area contributed by atoms with E-state index in [9.17, 15) is 0 Å². The largest absolute Gasteiger partial charge is 0.310 e. The molecule has 10 aromatic carbocycles. The maximum absolute atomic E-state index is 2.47. The van der Waals surface area contributed by atoms with Crippen molar-refractivity contribution in [3.05, 3.63) is 231 Å². The van der Waals surface area contributed by atoms with Gasteiger partial charge in [-0.2, -0.15) is 0 Å². The van der Waals surface area contributed by atoms with Crippen molar-refractivity contribution in [3.8, 4) is 39.1 Å². The normalized spacial score (nSPS) is 11.6. The lowest BCUT2D eigenvalue weighted by Gasteiger charge is -2.27. The predicted molar refractivity (Wildman–Crippen MR) is 262 cm³/mol. The van der Waals surface area contributed by atoms with Crippen molar-refractivity contribution in [1.29, 1.82) is 0 Å². The highest BCUT2D eigenvalue weighted by atomic mass is 32.1. The fraction of sp³-hybridized carbons (Fsp3) is 0. The van der Waals surface area contributed by atoms with Crippen molar-refractivity contribution in [3.63, 3.8) is 0 Å². The Morgan fingerprint density at radius 1 is 0.328 bits per heavy atom. The summed E-state index contributed by atoms with van der Waals surface area (Å²) < 4.78 is 5.10. The smallest absolute Gasteiger partial charge is 0.0640 e. The van der Waals surface area contributed by atoms with Crippen molar-refractivity contribution in [2.45, 2.75) is 0 Å². The van der Waals surface area contributed by atoms with Crippen molar-refractivity contribution >= 4 is 81.1 Å². The third kappa shape index (κ3) is 6.01. The Hall–Kier alpha value is -7.72. The van der Waals surface area contributed by atoms with E-state index in [4.69, 9.17) is 0 Å². The number of aromatic nitrogens is 1. The van der Waals surface area contributed by atoms with E-state index >= 15 is 0 Å². The molecule has 0 unspecified atom stereocenters. The Morgan fingerprint density at radius 3 is 1.72 bits per heavy atom. The van der Waals surface area contributed by atoms with Crippen molar-refractivity contribution in [2.24, 2.45) is 0 Å². The quantitative estimate of drug-likeness (QED) is 0.156. The summed E-state index contributed by atoms with van der Waals surface area (Å²) in [5.41, 5.74) is 14.2. The predicted octanol–water partition coefficient (Wildman–Crippen LogP) is 16.8. The van der Waals surface area contributed by atoms with Gasteiger partial charge in [0.05, 0.1) is 27.1 Å². The maximum atomic E-state index is 2.47. The zero-order valence-electron chi connectivity index (χ0n) is 33.2. The molecule has 0 saturated heterocycles. The van der Waals surface area contributed by atoms with Crippen LogP contribution < -0.4 is 4.90 Å². The molecular formula is C58H38N2S. The number of hydrogen-bond acceptors (Lipinski definition) is 2. The number of thiophene rings is 1. The SMILES string of the molecule is c1ccc(-c2ccc(N(c3cccc(-c4ccc(-c5ccc6c7ccccc7n(-c7cccc8c7sc7ccccc78)c6c5)cc4)c3)c3cccc4ccccc34)cc2)cc1. The molecule has 286 valence electrons. The molecule has 2 heterocycles. The molecule has 3 heteroatoms. The van der Waals surface area contributed by atoms with E-state index in [1.165, 1.54) is 91.8 Å². The molecule has 0 bridgehead atoms. The molecule has 0 atom stereocenters. The summed E-state index contributed by atoms with van der Waals surface area (Å²) in [6.07, 6.45) is 0. The highest BCUT2D eigenvalue weighted by molar-refractivity contribution is 7.26. The molecule has 0 aliphatic carbocycles. The van der Waals surface area contributed by atoms with E-state index in [1.807, 2.05) is 11.3 Å². The van der Waals surface area contributed by atoms with Crippen LogP contribution in [0.15, 0.2) is 231 Å². The zero-order chi connectivity index (χ0) is 40.3. The number of anilines is 3. The lowest BCUT2D eigenvalue weighted by atomic mass is 9.98. The van der Waals surface area contributed by atoms with Crippen molar-refractivity contribution in [2.75, 3.05) is 4.90 Å². The van der Waals surface area contributed by atoms with Gasteiger partial charge in [-0.25, -0.2) is 0 Å². The van der Waals surface area contributed by atoms with Crippen LogP contribution in [0.5, 0.6) is 0 Å². The minimum absolute atomic E-state index is 1.11. The number of fused-ring (bicyclic) bond motifs is 7. The summed E-state index contributed by atoms with van der Waals surface area (Å²) in [6, 6.07) is 84.1. The van der Waals surface area contributed by atoms with Crippen molar-refractivity contribution < 1.29 is 0 Å². The molecule has 61 heavy (non-hydrogen) atoms. The Morgan fingerprint density at radius 2 is 0.885 bits per heavy atom. The summed E-state index contributed by atoms with van der Waals surface area (Å²) in [4.78, 5) is 2.39. The van der Waals surface area contributed by atoms with Crippen LogP contribution in [-0.2, 0) is 0 Å². The monoisotopic (exact) mass is 794 g/mol. The van der Waals surface area contributed by atoms with Gasteiger partial charge in [-0.05, 0) is 93.4 Å². The first kappa shape index (κ1) is 35.2. The lowest BCUT2D eigenvalue weighted by Crippen LogP contribution is -2.10. The maximum Gasteiger partial charge on any atom is 0.0640 e. The van der Waals surface area contributed by atoms with Gasteiger partial charge >= 0.3 is 0 Å². The van der Waals surface area contributed by atoms with Gasteiger partial charge in [0.1, 0.15) is 0 Å². The minimum Gasteiger partial charge on any atom is -0.310 e. The van der Waals surface area contributed by atoms with Gasteiger partial charge in [-0.3, -0.25) is 0 Å². The lowest BCUT2D eigenvalue weighted by molar-refractivity contribution is 1.20. The molecule has 0 aliphatic rings. The fourth-order valence-electron chi connectivity index (χ4n) is 9.26. The highest BCUT2D eigenvalue weighted by Crippen LogP contribution is 2.43. The molecule has 2 nitrogen and oxygen atoms in total. The van der Waals surface area contributed by atoms with Gasteiger partial charge in [-0.1, -0.05) is 176 Å². The van der Waals surface area contributed by atoms with Crippen molar-refractivity contribution in [1.82, 2.24) is 4.57 Å². The molecule has 0 N–H and O–H groups in total. The molecule has 12 aromatic rings. The van der Waals surface area contributed by atoms with Gasteiger partial charge in [-0.15, -0.1) is 11.3 Å². The van der Waals surface area contributed by atoms with Gasteiger partial charge in [0, 0.05) is 43.0 Å². The van der Waals surface area contributed by atoms with Gasteiger partial charge in [0.2, 0.25) is 0 Å². The first-order valence-electron chi connectivity index (χ1n) is 20.8. The molecule has 0 aliphatic heterocycles. The summed E-state index contributed by atoms with van der Waals surface area (Å²) in [5.74, 6) is 0. The number of hydrogen-bond donors (Lipinski definition) is 0. The topological polar surface area (TPSA) is 8.17 Å². The highest BCUT2D eigenvalue weighted by Gasteiger charge is 2.19. The minimum atomic E-state index is 1.11. The van der Waals surface area contributed by atoms with E-state index in [1.54, 1.807) is 0 Å². The van der Waals surface area contributed by atoms with Crippen LogP contribution in [0.2, 0.25) is 0 Å².